The van der Waals surface area contributed by atoms with E-state index in [2.05, 4.69) is 49.4 Å². The Balaban J connectivity index is 1.38. The number of anilines is 4. The van der Waals surface area contributed by atoms with Crippen molar-refractivity contribution in [3.05, 3.63) is 79.4 Å². The van der Waals surface area contributed by atoms with Crippen LogP contribution in [0.15, 0.2) is 73.6 Å². The first kappa shape index (κ1) is 24.3. The highest BCUT2D eigenvalue weighted by molar-refractivity contribution is 6.00. The molecule has 0 saturated carbocycles. The normalized spacial score (nSPS) is 14.3. The molecule has 2 aromatic carbocycles. The van der Waals surface area contributed by atoms with Crippen molar-refractivity contribution in [2.24, 2.45) is 0 Å². The summed E-state index contributed by atoms with van der Waals surface area (Å²) in [5, 5.41) is 10.2. The molecule has 8 nitrogen and oxygen atoms in total. The van der Waals surface area contributed by atoms with E-state index in [1.54, 1.807) is 24.4 Å². The first-order valence-corrected chi connectivity index (χ1v) is 12.2. The molecule has 1 amide bonds. The SMILES string of the molecule is C=CC(=O)Nc1ccnc(-c2c(F)ccc3cnc(Nc4ccc(NC5CCN(C)CC5)cc4)nc23)c1. The third kappa shape index (κ3) is 5.73. The van der Waals surface area contributed by atoms with E-state index in [1.165, 1.54) is 18.3 Å². The van der Waals surface area contributed by atoms with Gasteiger partial charge in [-0.1, -0.05) is 6.58 Å². The van der Waals surface area contributed by atoms with E-state index in [4.69, 9.17) is 0 Å². The third-order valence-corrected chi connectivity index (χ3v) is 6.40. The minimum atomic E-state index is -0.471. The number of halogens is 1. The summed E-state index contributed by atoms with van der Waals surface area (Å²) in [7, 11) is 2.15. The molecule has 188 valence electrons. The number of pyridine rings is 1. The van der Waals surface area contributed by atoms with Gasteiger partial charge in [0.15, 0.2) is 0 Å². The van der Waals surface area contributed by atoms with Crippen LogP contribution in [0.3, 0.4) is 0 Å². The molecule has 0 radical (unpaired) electrons. The number of nitrogens with one attached hydrogen (secondary N) is 3. The average molecular weight is 498 g/mol. The number of piperidine rings is 1. The number of amides is 1. The maximum absolute atomic E-state index is 15.0. The van der Waals surface area contributed by atoms with Gasteiger partial charge in [-0.25, -0.2) is 14.4 Å². The Hall–Kier alpha value is -4.37. The molecule has 0 spiro atoms. The highest BCUT2D eigenvalue weighted by Crippen LogP contribution is 2.31. The van der Waals surface area contributed by atoms with Gasteiger partial charge in [0.2, 0.25) is 11.9 Å². The molecule has 4 aromatic rings. The summed E-state index contributed by atoms with van der Waals surface area (Å²) in [4.78, 5) is 27.4. The molecule has 9 heteroatoms. The number of likely N-dealkylation sites (tertiary alicyclic amines) is 1. The van der Waals surface area contributed by atoms with Gasteiger partial charge in [0.05, 0.1) is 16.8 Å². The standard InChI is InChI=1S/C28H28FN7O/c1-3-25(37)33-22-10-13-30-24(16-22)26-23(29)9-4-18-17-31-28(35-27(18)26)34-20-7-5-19(6-8-20)32-21-11-14-36(2)15-12-21/h3-10,13,16-17,21,32H,1,11-12,14-15H2,2H3,(H,30,33,37)(H,31,34,35). The van der Waals surface area contributed by atoms with Crippen molar-refractivity contribution in [3.63, 3.8) is 0 Å². The first-order valence-electron chi connectivity index (χ1n) is 12.2. The van der Waals surface area contributed by atoms with Crippen LogP contribution < -0.4 is 16.0 Å². The van der Waals surface area contributed by atoms with E-state index in [0.717, 1.165) is 37.3 Å². The Morgan fingerprint density at radius 3 is 2.57 bits per heavy atom. The summed E-state index contributed by atoms with van der Waals surface area (Å²) in [6.45, 7) is 5.65. The number of benzene rings is 2. The van der Waals surface area contributed by atoms with E-state index in [0.29, 0.717) is 34.3 Å². The Morgan fingerprint density at radius 2 is 1.81 bits per heavy atom. The summed E-state index contributed by atoms with van der Waals surface area (Å²) in [6.07, 6.45) is 6.57. The van der Waals surface area contributed by atoms with Crippen LogP contribution in [0.25, 0.3) is 22.2 Å². The Morgan fingerprint density at radius 1 is 1.05 bits per heavy atom. The monoisotopic (exact) mass is 497 g/mol. The Bertz CT molecular complexity index is 1430. The van der Waals surface area contributed by atoms with Gasteiger partial charge >= 0.3 is 0 Å². The third-order valence-electron chi connectivity index (χ3n) is 6.40. The number of hydrogen-bond donors (Lipinski definition) is 3. The van der Waals surface area contributed by atoms with Gasteiger partial charge in [-0.15, -0.1) is 0 Å². The number of rotatable bonds is 7. The zero-order valence-electron chi connectivity index (χ0n) is 20.5. The first-order chi connectivity index (χ1) is 18.0. The van der Waals surface area contributed by atoms with Crippen LogP contribution in [0.2, 0.25) is 0 Å². The lowest BCUT2D eigenvalue weighted by molar-refractivity contribution is -0.111. The molecule has 2 aromatic heterocycles. The number of nitrogens with zero attached hydrogens (tertiary/aromatic N) is 4. The molecule has 1 aliphatic heterocycles. The lowest BCUT2D eigenvalue weighted by atomic mass is 10.1. The summed E-state index contributed by atoms with van der Waals surface area (Å²) in [5.74, 6) is -0.496. The second-order valence-corrected chi connectivity index (χ2v) is 9.10. The molecule has 0 aliphatic carbocycles. The van der Waals surface area contributed by atoms with Gasteiger partial charge in [0.25, 0.3) is 0 Å². The van der Waals surface area contributed by atoms with E-state index in [-0.39, 0.29) is 11.5 Å². The van der Waals surface area contributed by atoms with Gasteiger partial charge in [-0.3, -0.25) is 9.78 Å². The van der Waals surface area contributed by atoms with Crippen molar-refractivity contribution in [3.8, 4) is 11.3 Å². The molecule has 3 heterocycles. The summed E-state index contributed by atoms with van der Waals surface area (Å²) in [5.41, 5.74) is 3.36. The molecule has 5 rings (SSSR count). The fourth-order valence-electron chi connectivity index (χ4n) is 4.38. The minimum Gasteiger partial charge on any atom is -0.382 e. The van der Waals surface area contributed by atoms with Crippen molar-refractivity contribution in [1.29, 1.82) is 0 Å². The average Bonchev–Trinajstić information content (AvgIpc) is 2.91. The van der Waals surface area contributed by atoms with Crippen LogP contribution in [-0.4, -0.2) is 51.9 Å². The number of fused-ring (bicyclic) bond motifs is 1. The maximum Gasteiger partial charge on any atom is 0.247 e. The molecular weight excluding hydrogens is 469 g/mol. The van der Waals surface area contributed by atoms with Crippen molar-refractivity contribution in [2.75, 3.05) is 36.1 Å². The van der Waals surface area contributed by atoms with Crippen LogP contribution in [0, 0.1) is 5.82 Å². The van der Waals surface area contributed by atoms with Gasteiger partial charge in [-0.05, 0) is 87.6 Å². The molecule has 37 heavy (non-hydrogen) atoms. The van der Waals surface area contributed by atoms with Gasteiger partial charge in [-0.2, -0.15) is 0 Å². The smallest absolute Gasteiger partial charge is 0.247 e. The maximum atomic E-state index is 15.0. The minimum absolute atomic E-state index is 0.232. The predicted molar refractivity (Wildman–Crippen MR) is 145 cm³/mol. The van der Waals surface area contributed by atoms with Gasteiger partial charge in [0, 0.05) is 40.9 Å². The van der Waals surface area contributed by atoms with Crippen LogP contribution in [-0.2, 0) is 4.79 Å². The number of aromatic nitrogens is 3. The fraction of sp³-hybridized carbons (Fsp3) is 0.214. The predicted octanol–water partition coefficient (Wildman–Crippen LogP) is 5.21. The van der Waals surface area contributed by atoms with Crippen molar-refractivity contribution >= 4 is 39.8 Å². The van der Waals surface area contributed by atoms with Crippen LogP contribution in [0.5, 0.6) is 0 Å². The van der Waals surface area contributed by atoms with Crippen molar-refractivity contribution < 1.29 is 9.18 Å². The van der Waals surface area contributed by atoms with Crippen molar-refractivity contribution in [1.82, 2.24) is 19.9 Å². The molecule has 3 N–H and O–H groups in total. The summed E-state index contributed by atoms with van der Waals surface area (Å²) >= 11 is 0. The number of hydrogen-bond acceptors (Lipinski definition) is 7. The highest BCUT2D eigenvalue weighted by Gasteiger charge is 2.17. The van der Waals surface area contributed by atoms with E-state index in [9.17, 15) is 4.79 Å². The van der Waals surface area contributed by atoms with E-state index >= 15 is 4.39 Å². The molecule has 1 saturated heterocycles. The van der Waals surface area contributed by atoms with Gasteiger partial charge < -0.3 is 20.9 Å². The zero-order chi connectivity index (χ0) is 25.8. The van der Waals surface area contributed by atoms with Gasteiger partial charge in [0.1, 0.15) is 5.82 Å². The summed E-state index contributed by atoms with van der Waals surface area (Å²) < 4.78 is 15.0. The molecule has 1 fully saturated rings. The fourth-order valence-corrected chi connectivity index (χ4v) is 4.38. The second-order valence-electron chi connectivity index (χ2n) is 9.10. The highest BCUT2D eigenvalue weighted by atomic mass is 19.1. The molecule has 0 bridgehead atoms. The van der Waals surface area contributed by atoms with Crippen molar-refractivity contribution in [2.45, 2.75) is 18.9 Å². The van der Waals surface area contributed by atoms with Crippen LogP contribution in [0.1, 0.15) is 12.8 Å². The molecule has 0 unspecified atom stereocenters. The Kier molecular flexibility index (Phi) is 7.04. The quantitative estimate of drug-likeness (QED) is 0.302. The van der Waals surface area contributed by atoms with E-state index < -0.39 is 5.82 Å². The zero-order valence-corrected chi connectivity index (χ0v) is 20.5. The van der Waals surface area contributed by atoms with Crippen LogP contribution in [0.4, 0.5) is 27.4 Å². The molecule has 1 aliphatic rings. The lowest BCUT2D eigenvalue weighted by Crippen LogP contribution is -2.36. The summed E-state index contributed by atoms with van der Waals surface area (Å²) in [6, 6.07) is 14.7. The van der Waals surface area contributed by atoms with Crippen LogP contribution >= 0.6 is 0 Å². The lowest BCUT2D eigenvalue weighted by Gasteiger charge is -2.30. The second kappa shape index (κ2) is 10.7. The number of carbonyl (C=O) groups excluding carboxylic acids is 1. The topological polar surface area (TPSA) is 95.1 Å². The largest absolute Gasteiger partial charge is 0.382 e. The molecule has 0 atom stereocenters. The number of carbonyl (C=O) groups is 1. The molecular formula is C28H28FN7O. The van der Waals surface area contributed by atoms with E-state index in [1.807, 2.05) is 24.3 Å². The Labute approximate surface area is 214 Å².